The Morgan fingerprint density at radius 1 is 0.366 bits per heavy atom. The van der Waals surface area contributed by atoms with Gasteiger partial charge in [-0.25, -0.2) is 0 Å². The van der Waals surface area contributed by atoms with Crippen LogP contribution in [0.2, 0.25) is 0 Å². The van der Waals surface area contributed by atoms with Gasteiger partial charge in [0.05, 0.1) is 0 Å². The Morgan fingerprint density at radius 3 is 1.13 bits per heavy atom. The largest absolute Gasteiger partial charge is 0.462 e. The minimum absolute atomic E-state index is 0.695. The van der Waals surface area contributed by atoms with Crippen LogP contribution in [0.25, 0.3) is 0 Å². The van der Waals surface area contributed by atoms with Gasteiger partial charge in [0.15, 0.2) is 37.3 Å². The standard InChI is InChI=1S/C44H54O27/c1-20(45)9-30(53)61-17-28-38(65-33(56)12-23(4)48)40(66-34(57)13-24(5)49)41(67-35(58)14-25(6)50)43(64-28)69-39-29(18-62-31(54)10-21(2)46)70-44(71-37(60)16-27(8)52,19-63-32(55)11-22(3)47)42(39)68-36(59)15-26(7)51/h28-29,38-43H,9-19H2,1-8H3/t28-,29-,38+,39-,40+,41-,42+,43+,44+/m1/s1. The Kier molecular flexibility index (Phi) is 23.7. The summed E-state index contributed by atoms with van der Waals surface area (Å²) in [5, 5.41) is 0. The smallest absolute Gasteiger partial charge is 0.316 e. The summed E-state index contributed by atoms with van der Waals surface area (Å²) in [6.07, 6.45) is -25.5. The van der Waals surface area contributed by atoms with E-state index in [1.54, 1.807) is 0 Å². The molecule has 0 saturated carbocycles. The molecule has 2 fully saturated rings. The molecule has 2 saturated heterocycles. The minimum Gasteiger partial charge on any atom is -0.462 e. The van der Waals surface area contributed by atoms with Crippen LogP contribution >= 0.6 is 0 Å². The summed E-state index contributed by atoms with van der Waals surface area (Å²) < 4.78 is 61.8. The zero-order chi connectivity index (χ0) is 53.9. The number of Topliss-reactive ketones (excluding diaryl/α,β-unsaturated/α-hetero) is 8. The lowest BCUT2D eigenvalue weighted by Gasteiger charge is -2.45. The van der Waals surface area contributed by atoms with Crippen molar-refractivity contribution in [3.8, 4) is 0 Å². The van der Waals surface area contributed by atoms with E-state index in [0.29, 0.717) is 0 Å². The van der Waals surface area contributed by atoms with Gasteiger partial charge in [-0.1, -0.05) is 0 Å². The highest BCUT2D eigenvalue weighted by molar-refractivity contribution is 5.98. The second-order valence-corrected chi connectivity index (χ2v) is 16.4. The lowest BCUT2D eigenvalue weighted by Crippen LogP contribution is -2.64. The maximum absolute atomic E-state index is 13.5. The van der Waals surface area contributed by atoms with Crippen LogP contribution in [0.5, 0.6) is 0 Å². The zero-order valence-corrected chi connectivity index (χ0v) is 39.9. The molecule has 71 heavy (non-hydrogen) atoms. The molecular formula is C44H54O27. The van der Waals surface area contributed by atoms with Gasteiger partial charge in [0.2, 0.25) is 0 Å². The summed E-state index contributed by atoms with van der Waals surface area (Å²) in [4.78, 5) is 201. The van der Waals surface area contributed by atoms with Crippen LogP contribution in [0.1, 0.15) is 107 Å². The summed E-state index contributed by atoms with van der Waals surface area (Å²) in [6, 6.07) is 0. The number of esters is 8. The molecule has 0 spiro atoms. The van der Waals surface area contributed by atoms with Crippen LogP contribution < -0.4 is 0 Å². The summed E-state index contributed by atoms with van der Waals surface area (Å²) >= 11 is 0. The van der Waals surface area contributed by atoms with E-state index in [9.17, 15) is 76.7 Å². The predicted molar refractivity (Wildman–Crippen MR) is 222 cm³/mol. The maximum Gasteiger partial charge on any atom is 0.316 e. The van der Waals surface area contributed by atoms with Crippen molar-refractivity contribution >= 4 is 94.0 Å². The molecule has 27 nitrogen and oxygen atoms in total. The lowest BCUT2D eigenvalue weighted by molar-refractivity contribution is -0.324. The van der Waals surface area contributed by atoms with E-state index in [1.165, 1.54) is 0 Å². The first-order valence-corrected chi connectivity index (χ1v) is 21.4. The van der Waals surface area contributed by atoms with E-state index < -0.39 is 220 Å². The van der Waals surface area contributed by atoms with Crippen molar-refractivity contribution in [2.75, 3.05) is 19.8 Å². The molecule has 0 aliphatic carbocycles. The lowest BCUT2D eigenvalue weighted by atomic mass is 9.97. The molecule has 0 amide bonds. The van der Waals surface area contributed by atoms with E-state index >= 15 is 0 Å². The highest BCUT2D eigenvalue weighted by Gasteiger charge is 2.65. The number of rotatable bonds is 29. The molecule has 0 radical (unpaired) electrons. The number of carbonyl (C=O) groups is 16. The third kappa shape index (κ3) is 21.3. The Balaban J connectivity index is 3.13. The SMILES string of the molecule is CC(=O)CC(=O)OC[C@H]1O[C@@H](O[C@@H]2[C@@H](COC(=O)CC(C)=O)O[C@@](COC(=O)CC(C)=O)(OC(=O)CC(C)=O)[C@H]2OC(=O)CC(C)=O)[C@H](OC(=O)CC(C)=O)[C@@H](OC(=O)CC(C)=O)[C@H]1OC(=O)CC(C)=O. The van der Waals surface area contributed by atoms with Crippen LogP contribution in [0.3, 0.4) is 0 Å². The average molecular weight is 1010 g/mol. The summed E-state index contributed by atoms with van der Waals surface area (Å²) in [6.45, 7) is 4.34. The van der Waals surface area contributed by atoms with Gasteiger partial charge in [-0.05, 0) is 55.4 Å². The molecule has 2 heterocycles. The van der Waals surface area contributed by atoms with Gasteiger partial charge in [-0.3, -0.25) is 76.7 Å². The highest BCUT2D eigenvalue weighted by Crippen LogP contribution is 2.41. The van der Waals surface area contributed by atoms with Gasteiger partial charge in [-0.2, -0.15) is 0 Å². The zero-order valence-electron chi connectivity index (χ0n) is 39.9. The Labute approximate surface area is 403 Å². The van der Waals surface area contributed by atoms with Gasteiger partial charge in [0.1, 0.15) is 129 Å². The molecule has 0 bridgehead atoms. The number of ketones is 8. The molecule has 2 aliphatic rings. The molecule has 27 heteroatoms. The average Bonchev–Trinajstić information content (AvgIpc) is 3.45. The summed E-state index contributed by atoms with van der Waals surface area (Å²) in [7, 11) is 0. The molecule has 0 aromatic rings. The normalized spacial score (nSPS) is 23.3. The molecule has 0 aromatic carbocycles. The van der Waals surface area contributed by atoms with E-state index in [0.717, 1.165) is 55.4 Å². The van der Waals surface area contributed by atoms with Crippen molar-refractivity contribution in [2.45, 2.75) is 162 Å². The molecule has 9 atom stereocenters. The second kappa shape index (κ2) is 28.0. The van der Waals surface area contributed by atoms with Crippen LogP contribution in [-0.2, 0) is 129 Å². The molecule has 0 N–H and O–H groups in total. The monoisotopic (exact) mass is 1010 g/mol. The quantitative estimate of drug-likeness (QED) is 0.0485. The topological polar surface area (TPSA) is 375 Å². The van der Waals surface area contributed by atoms with Crippen LogP contribution in [0.15, 0.2) is 0 Å². The third-order valence-electron chi connectivity index (χ3n) is 9.08. The van der Waals surface area contributed by atoms with Crippen molar-refractivity contribution in [3.05, 3.63) is 0 Å². The van der Waals surface area contributed by atoms with E-state index in [2.05, 4.69) is 0 Å². The van der Waals surface area contributed by atoms with E-state index in [4.69, 9.17) is 52.1 Å². The highest BCUT2D eigenvalue weighted by atomic mass is 16.8. The van der Waals surface area contributed by atoms with Crippen LogP contribution in [0.4, 0.5) is 0 Å². The van der Waals surface area contributed by atoms with Crippen molar-refractivity contribution in [3.63, 3.8) is 0 Å². The van der Waals surface area contributed by atoms with Crippen molar-refractivity contribution in [2.24, 2.45) is 0 Å². The van der Waals surface area contributed by atoms with Gasteiger partial charge >= 0.3 is 47.8 Å². The van der Waals surface area contributed by atoms with E-state index in [-0.39, 0.29) is 0 Å². The fourth-order valence-electron chi connectivity index (χ4n) is 6.49. The number of ether oxygens (including phenoxy) is 11. The number of carbonyl (C=O) groups excluding carboxylic acids is 16. The van der Waals surface area contributed by atoms with Gasteiger partial charge in [0.25, 0.3) is 5.79 Å². The molecule has 2 rings (SSSR count). The van der Waals surface area contributed by atoms with Crippen molar-refractivity contribution in [1.29, 1.82) is 0 Å². The first-order chi connectivity index (χ1) is 33.0. The number of hydrogen-bond donors (Lipinski definition) is 0. The fraction of sp³-hybridized carbons (Fsp3) is 0.636. The number of hydrogen-bond acceptors (Lipinski definition) is 27. The Morgan fingerprint density at radius 2 is 0.704 bits per heavy atom. The molecule has 2 aliphatic heterocycles. The first kappa shape index (κ1) is 60.1. The molecular weight excluding hydrogens is 960 g/mol. The van der Waals surface area contributed by atoms with Gasteiger partial charge in [-0.15, -0.1) is 0 Å². The molecule has 392 valence electrons. The summed E-state index contributed by atoms with van der Waals surface area (Å²) in [5.74, 6) is -20.1. The van der Waals surface area contributed by atoms with E-state index in [1.807, 2.05) is 0 Å². The minimum atomic E-state index is -3.04. The Hall–Kier alpha value is -7.00. The van der Waals surface area contributed by atoms with Crippen molar-refractivity contribution < 1.29 is 129 Å². The molecule has 0 unspecified atom stereocenters. The molecule has 0 aromatic heterocycles. The fourth-order valence-corrected chi connectivity index (χ4v) is 6.49. The van der Waals surface area contributed by atoms with Gasteiger partial charge < -0.3 is 52.1 Å². The van der Waals surface area contributed by atoms with Crippen LogP contribution in [-0.4, -0.2) is 169 Å². The maximum atomic E-state index is 13.5. The van der Waals surface area contributed by atoms with Gasteiger partial charge in [0, 0.05) is 0 Å². The first-order valence-electron chi connectivity index (χ1n) is 21.4. The predicted octanol–water partition coefficient (Wildman–Crippen LogP) is -1.16. The van der Waals surface area contributed by atoms with Crippen molar-refractivity contribution in [1.82, 2.24) is 0 Å². The Bertz CT molecular complexity index is 2140. The third-order valence-corrected chi connectivity index (χ3v) is 9.08. The summed E-state index contributed by atoms with van der Waals surface area (Å²) in [5.41, 5.74) is 0. The second-order valence-electron chi connectivity index (χ2n) is 16.4. The van der Waals surface area contributed by atoms with Crippen LogP contribution in [0, 0.1) is 0 Å².